The molecule has 1 aliphatic rings. The number of nitrogens with one attached hydrogen (secondary N) is 1. The second kappa shape index (κ2) is 6.22. The van der Waals surface area contributed by atoms with Crippen LogP contribution in [0, 0.1) is 0 Å². The number of aromatic carboxylic acids is 1. The number of carbonyl (C=O) groups is 2. The summed E-state index contributed by atoms with van der Waals surface area (Å²) in [4.78, 5) is 23.7. The Balaban J connectivity index is 1.81. The molecule has 1 heterocycles. The molecule has 0 unspecified atom stereocenters. The molecule has 1 amide bonds. The molecule has 1 fully saturated rings. The van der Waals surface area contributed by atoms with Crippen molar-refractivity contribution < 1.29 is 14.7 Å². The zero-order valence-corrected chi connectivity index (χ0v) is 12.4. The van der Waals surface area contributed by atoms with Crippen LogP contribution in [0.3, 0.4) is 0 Å². The topological polar surface area (TPSA) is 71.3 Å². The molecule has 3 rings (SSSR count). The third-order valence-electron chi connectivity index (χ3n) is 4.30. The maximum absolute atomic E-state index is 12.3. The van der Waals surface area contributed by atoms with Crippen LogP contribution in [0.5, 0.6) is 0 Å². The van der Waals surface area contributed by atoms with Crippen molar-refractivity contribution in [2.24, 2.45) is 0 Å². The van der Waals surface area contributed by atoms with Gasteiger partial charge in [-0.05, 0) is 25.0 Å². The number of fused-ring (bicyclic) bond motifs is 1. The standard InChI is InChI=1S/C17H20N2O3/c20-16(18-13-7-2-1-3-8-13)11-19-14-9-5-4-6-12(14)10-15(19)17(21)22/h4-6,9-10,13H,1-3,7-8,11H2,(H,18,20)(H,21,22). The quantitative estimate of drug-likeness (QED) is 0.912. The molecule has 0 aliphatic heterocycles. The smallest absolute Gasteiger partial charge is 0.352 e. The number of carbonyl (C=O) groups excluding carboxylic acids is 1. The number of nitrogens with zero attached hydrogens (tertiary/aromatic N) is 1. The first kappa shape index (κ1) is 14.6. The van der Waals surface area contributed by atoms with Gasteiger partial charge in [-0.25, -0.2) is 4.79 Å². The van der Waals surface area contributed by atoms with E-state index in [-0.39, 0.29) is 24.2 Å². The first-order valence-electron chi connectivity index (χ1n) is 7.76. The minimum absolute atomic E-state index is 0.0473. The van der Waals surface area contributed by atoms with E-state index in [0.29, 0.717) is 0 Å². The van der Waals surface area contributed by atoms with Crippen molar-refractivity contribution in [1.29, 1.82) is 0 Å². The molecule has 5 heteroatoms. The largest absolute Gasteiger partial charge is 0.477 e. The summed E-state index contributed by atoms with van der Waals surface area (Å²) in [5.41, 5.74) is 0.929. The number of aromatic nitrogens is 1. The second-order valence-corrected chi connectivity index (χ2v) is 5.88. The zero-order valence-electron chi connectivity index (χ0n) is 12.4. The van der Waals surface area contributed by atoms with Crippen LogP contribution in [0.25, 0.3) is 10.9 Å². The van der Waals surface area contributed by atoms with Crippen molar-refractivity contribution in [3.05, 3.63) is 36.0 Å². The lowest BCUT2D eigenvalue weighted by Crippen LogP contribution is -2.38. The highest BCUT2D eigenvalue weighted by atomic mass is 16.4. The highest BCUT2D eigenvalue weighted by molar-refractivity contribution is 5.95. The van der Waals surface area contributed by atoms with Gasteiger partial charge in [-0.3, -0.25) is 4.79 Å². The maximum atomic E-state index is 12.3. The monoisotopic (exact) mass is 300 g/mol. The van der Waals surface area contributed by atoms with Crippen LogP contribution in [-0.2, 0) is 11.3 Å². The third kappa shape index (κ3) is 2.98. The SMILES string of the molecule is O=C(Cn1c(C(=O)O)cc2ccccc21)NC1CCCCC1. The lowest BCUT2D eigenvalue weighted by atomic mass is 9.95. The van der Waals surface area contributed by atoms with Crippen LogP contribution in [-0.4, -0.2) is 27.6 Å². The first-order valence-corrected chi connectivity index (χ1v) is 7.76. The fraction of sp³-hybridized carbons (Fsp3) is 0.412. The van der Waals surface area contributed by atoms with Gasteiger partial charge in [-0.1, -0.05) is 37.5 Å². The third-order valence-corrected chi connectivity index (χ3v) is 4.30. The van der Waals surface area contributed by atoms with E-state index in [0.717, 1.165) is 36.6 Å². The summed E-state index contributed by atoms with van der Waals surface area (Å²) in [5.74, 6) is -1.13. The van der Waals surface area contributed by atoms with Crippen molar-refractivity contribution in [2.75, 3.05) is 0 Å². The average Bonchev–Trinajstić information content (AvgIpc) is 2.87. The fourth-order valence-electron chi connectivity index (χ4n) is 3.22. The van der Waals surface area contributed by atoms with Gasteiger partial charge in [0.1, 0.15) is 12.2 Å². The van der Waals surface area contributed by atoms with Gasteiger partial charge < -0.3 is 15.0 Å². The maximum Gasteiger partial charge on any atom is 0.352 e. The van der Waals surface area contributed by atoms with Crippen molar-refractivity contribution in [3.8, 4) is 0 Å². The van der Waals surface area contributed by atoms with E-state index in [1.165, 1.54) is 6.42 Å². The summed E-state index contributed by atoms with van der Waals surface area (Å²) in [5, 5.41) is 13.2. The number of hydrogen-bond acceptors (Lipinski definition) is 2. The Morgan fingerprint density at radius 3 is 2.64 bits per heavy atom. The first-order chi connectivity index (χ1) is 10.6. The number of carboxylic acid groups (broad SMARTS) is 1. The van der Waals surface area contributed by atoms with Crippen molar-refractivity contribution in [3.63, 3.8) is 0 Å². The van der Waals surface area contributed by atoms with E-state index < -0.39 is 5.97 Å². The van der Waals surface area contributed by atoms with Gasteiger partial charge in [-0.2, -0.15) is 0 Å². The summed E-state index contributed by atoms with van der Waals surface area (Å²) >= 11 is 0. The molecule has 1 aliphatic carbocycles. The number of rotatable bonds is 4. The molecule has 0 saturated heterocycles. The molecule has 116 valence electrons. The number of carboxylic acids is 1. The normalized spacial score (nSPS) is 15.8. The van der Waals surface area contributed by atoms with E-state index in [1.807, 2.05) is 24.3 Å². The molecule has 0 spiro atoms. The van der Waals surface area contributed by atoms with Crippen LogP contribution in [0.15, 0.2) is 30.3 Å². The Morgan fingerprint density at radius 1 is 1.18 bits per heavy atom. The van der Waals surface area contributed by atoms with E-state index in [1.54, 1.807) is 10.6 Å². The molecular weight excluding hydrogens is 280 g/mol. The molecule has 0 radical (unpaired) electrons. The molecule has 0 bridgehead atoms. The summed E-state index contributed by atoms with van der Waals surface area (Å²) in [6, 6.07) is 9.26. The predicted octanol–water partition coefficient (Wildman–Crippen LogP) is 2.79. The number of benzene rings is 1. The van der Waals surface area contributed by atoms with Gasteiger partial charge in [0.25, 0.3) is 0 Å². The number of hydrogen-bond donors (Lipinski definition) is 2. The van der Waals surface area contributed by atoms with Gasteiger partial charge in [0.2, 0.25) is 5.91 Å². The molecule has 5 nitrogen and oxygen atoms in total. The fourth-order valence-corrected chi connectivity index (χ4v) is 3.22. The zero-order chi connectivity index (χ0) is 15.5. The Kier molecular flexibility index (Phi) is 4.13. The molecule has 2 aromatic rings. The van der Waals surface area contributed by atoms with Gasteiger partial charge in [0.05, 0.1) is 0 Å². The van der Waals surface area contributed by atoms with Gasteiger partial charge in [0.15, 0.2) is 0 Å². The van der Waals surface area contributed by atoms with E-state index in [2.05, 4.69) is 5.32 Å². The van der Waals surface area contributed by atoms with Crippen molar-refractivity contribution in [2.45, 2.75) is 44.7 Å². The Bertz CT molecular complexity index is 699. The molecule has 22 heavy (non-hydrogen) atoms. The minimum Gasteiger partial charge on any atom is -0.477 e. The van der Waals surface area contributed by atoms with Crippen molar-refractivity contribution >= 4 is 22.8 Å². The molecule has 1 aromatic carbocycles. The van der Waals surface area contributed by atoms with Gasteiger partial charge >= 0.3 is 5.97 Å². The van der Waals surface area contributed by atoms with E-state index >= 15 is 0 Å². The van der Waals surface area contributed by atoms with Gasteiger partial charge in [0, 0.05) is 16.9 Å². The minimum atomic E-state index is -1.01. The predicted molar refractivity (Wildman–Crippen MR) is 83.9 cm³/mol. The Labute approximate surface area is 128 Å². The molecule has 1 aromatic heterocycles. The van der Waals surface area contributed by atoms with E-state index in [4.69, 9.17) is 0 Å². The van der Waals surface area contributed by atoms with Crippen LogP contribution < -0.4 is 5.32 Å². The summed E-state index contributed by atoms with van der Waals surface area (Å²) in [6.45, 7) is 0.0473. The Hall–Kier alpha value is -2.30. The summed E-state index contributed by atoms with van der Waals surface area (Å²) in [6.07, 6.45) is 5.57. The van der Waals surface area contributed by atoms with Crippen LogP contribution in [0.1, 0.15) is 42.6 Å². The summed E-state index contributed by atoms with van der Waals surface area (Å²) in [7, 11) is 0. The average molecular weight is 300 g/mol. The van der Waals surface area contributed by atoms with E-state index in [9.17, 15) is 14.7 Å². The summed E-state index contributed by atoms with van der Waals surface area (Å²) < 4.78 is 1.58. The van der Waals surface area contributed by atoms with Crippen LogP contribution >= 0.6 is 0 Å². The molecule has 1 saturated carbocycles. The van der Waals surface area contributed by atoms with Crippen LogP contribution in [0.2, 0.25) is 0 Å². The van der Waals surface area contributed by atoms with Crippen LogP contribution in [0.4, 0.5) is 0 Å². The lowest BCUT2D eigenvalue weighted by Gasteiger charge is -2.23. The molecular formula is C17H20N2O3. The second-order valence-electron chi connectivity index (χ2n) is 5.88. The number of para-hydroxylation sites is 1. The van der Waals surface area contributed by atoms with Gasteiger partial charge in [-0.15, -0.1) is 0 Å². The number of amides is 1. The highest BCUT2D eigenvalue weighted by Crippen LogP contribution is 2.21. The lowest BCUT2D eigenvalue weighted by molar-refractivity contribution is -0.122. The molecule has 0 atom stereocenters. The van der Waals surface area contributed by atoms with Crippen molar-refractivity contribution in [1.82, 2.24) is 9.88 Å². The Morgan fingerprint density at radius 2 is 1.91 bits per heavy atom. The molecule has 2 N–H and O–H groups in total. The highest BCUT2D eigenvalue weighted by Gasteiger charge is 2.19.